The van der Waals surface area contributed by atoms with Crippen LogP contribution in [-0.2, 0) is 11.3 Å². The van der Waals surface area contributed by atoms with Crippen LogP contribution in [0.1, 0.15) is 19.8 Å². The first-order valence-corrected chi connectivity index (χ1v) is 6.88. The summed E-state index contributed by atoms with van der Waals surface area (Å²) in [6.45, 7) is 4.37. The Labute approximate surface area is 112 Å². The Hall–Kier alpha value is -1.47. The Morgan fingerprint density at radius 1 is 1.53 bits per heavy atom. The van der Waals surface area contributed by atoms with E-state index in [0.29, 0.717) is 6.54 Å². The van der Waals surface area contributed by atoms with E-state index in [2.05, 4.69) is 21.2 Å². The highest BCUT2D eigenvalue weighted by Crippen LogP contribution is 2.23. The SMILES string of the molecule is CC1NNCC1C(=O)N1CCC[C@H]1Cn1ccnn1. The molecule has 2 unspecified atom stereocenters. The molecule has 1 aromatic rings. The number of nitrogens with one attached hydrogen (secondary N) is 2. The monoisotopic (exact) mass is 264 g/mol. The van der Waals surface area contributed by atoms with Crippen molar-refractivity contribution in [1.82, 2.24) is 30.7 Å². The second kappa shape index (κ2) is 5.26. The number of nitrogens with zero attached hydrogens (tertiary/aromatic N) is 4. The van der Waals surface area contributed by atoms with Crippen LogP contribution >= 0.6 is 0 Å². The van der Waals surface area contributed by atoms with E-state index in [1.807, 2.05) is 22.7 Å². The molecular formula is C12H20N6O. The van der Waals surface area contributed by atoms with Gasteiger partial charge in [0.15, 0.2) is 0 Å². The maximum atomic E-state index is 12.6. The maximum Gasteiger partial charge on any atom is 0.228 e. The quantitative estimate of drug-likeness (QED) is 0.761. The molecule has 0 saturated carbocycles. The fourth-order valence-corrected chi connectivity index (χ4v) is 2.98. The molecule has 2 aliphatic rings. The first kappa shape index (κ1) is 12.6. The molecule has 0 aromatic carbocycles. The zero-order valence-corrected chi connectivity index (χ0v) is 11.1. The zero-order chi connectivity index (χ0) is 13.2. The Balaban J connectivity index is 1.67. The van der Waals surface area contributed by atoms with Gasteiger partial charge in [-0.05, 0) is 19.8 Å². The molecular weight excluding hydrogens is 244 g/mol. The molecule has 0 bridgehead atoms. The van der Waals surface area contributed by atoms with Crippen LogP contribution in [0.15, 0.2) is 12.4 Å². The summed E-state index contributed by atoms with van der Waals surface area (Å²) in [7, 11) is 0. The molecule has 19 heavy (non-hydrogen) atoms. The molecule has 7 nitrogen and oxygen atoms in total. The van der Waals surface area contributed by atoms with Gasteiger partial charge in [0.05, 0.1) is 24.7 Å². The third kappa shape index (κ3) is 2.48. The first-order chi connectivity index (χ1) is 9.25. The zero-order valence-electron chi connectivity index (χ0n) is 11.1. The first-order valence-electron chi connectivity index (χ1n) is 6.88. The molecule has 2 N–H and O–H groups in total. The van der Waals surface area contributed by atoms with Crippen LogP contribution in [0.3, 0.4) is 0 Å². The molecule has 2 saturated heterocycles. The molecule has 2 aliphatic heterocycles. The third-order valence-corrected chi connectivity index (χ3v) is 4.10. The second-order valence-corrected chi connectivity index (χ2v) is 5.37. The van der Waals surface area contributed by atoms with Crippen molar-refractivity contribution in [3.05, 3.63) is 12.4 Å². The summed E-state index contributed by atoms with van der Waals surface area (Å²) in [5.74, 6) is 0.295. The summed E-state index contributed by atoms with van der Waals surface area (Å²) in [5, 5.41) is 7.80. The number of amides is 1. The lowest BCUT2D eigenvalue weighted by Crippen LogP contribution is -2.45. The van der Waals surface area contributed by atoms with E-state index in [-0.39, 0.29) is 23.9 Å². The van der Waals surface area contributed by atoms with E-state index in [9.17, 15) is 4.79 Å². The predicted octanol–water partition coefficient (Wildman–Crippen LogP) is -0.618. The molecule has 7 heteroatoms. The number of aromatic nitrogens is 3. The van der Waals surface area contributed by atoms with Gasteiger partial charge in [-0.1, -0.05) is 5.21 Å². The van der Waals surface area contributed by atoms with Crippen molar-refractivity contribution in [3.63, 3.8) is 0 Å². The number of hydrogen-bond donors (Lipinski definition) is 2. The van der Waals surface area contributed by atoms with Gasteiger partial charge >= 0.3 is 0 Å². The summed E-state index contributed by atoms with van der Waals surface area (Å²) in [6, 6.07) is 0.446. The van der Waals surface area contributed by atoms with Crippen LogP contribution in [0.25, 0.3) is 0 Å². The van der Waals surface area contributed by atoms with Crippen LogP contribution < -0.4 is 10.9 Å². The summed E-state index contributed by atoms with van der Waals surface area (Å²) in [4.78, 5) is 14.6. The van der Waals surface area contributed by atoms with Crippen LogP contribution in [0, 0.1) is 5.92 Å². The molecule has 1 aromatic heterocycles. The van der Waals surface area contributed by atoms with Crippen molar-refractivity contribution in [2.45, 2.75) is 38.4 Å². The number of hydrogen-bond acceptors (Lipinski definition) is 5. The summed E-state index contributed by atoms with van der Waals surface area (Å²) in [6.07, 6.45) is 5.65. The van der Waals surface area contributed by atoms with Gasteiger partial charge < -0.3 is 4.90 Å². The molecule has 0 spiro atoms. The summed E-state index contributed by atoms with van der Waals surface area (Å²) >= 11 is 0. The number of carbonyl (C=O) groups is 1. The van der Waals surface area contributed by atoms with Gasteiger partial charge in [0, 0.05) is 25.3 Å². The van der Waals surface area contributed by atoms with Gasteiger partial charge in [0.25, 0.3) is 0 Å². The predicted molar refractivity (Wildman–Crippen MR) is 68.8 cm³/mol. The molecule has 0 radical (unpaired) electrons. The second-order valence-electron chi connectivity index (χ2n) is 5.37. The van der Waals surface area contributed by atoms with E-state index in [4.69, 9.17) is 0 Å². The molecule has 3 rings (SSSR count). The average molecular weight is 264 g/mol. The van der Waals surface area contributed by atoms with Gasteiger partial charge in [0.2, 0.25) is 5.91 Å². The van der Waals surface area contributed by atoms with E-state index in [0.717, 1.165) is 25.9 Å². The number of likely N-dealkylation sites (tertiary alicyclic amines) is 1. The lowest BCUT2D eigenvalue weighted by Gasteiger charge is -2.28. The molecule has 0 aliphatic carbocycles. The Morgan fingerprint density at radius 2 is 2.42 bits per heavy atom. The standard InChI is InChI=1S/C12H20N6O/c1-9-11(7-14-15-9)12(19)18-5-2-3-10(18)8-17-6-4-13-16-17/h4,6,9-11,14-15H,2-3,5,7-8H2,1H3/t9?,10-,11?/m0/s1. The van der Waals surface area contributed by atoms with E-state index in [1.54, 1.807) is 6.20 Å². The van der Waals surface area contributed by atoms with Gasteiger partial charge in [-0.3, -0.25) is 20.3 Å². The van der Waals surface area contributed by atoms with Crippen molar-refractivity contribution >= 4 is 5.91 Å². The van der Waals surface area contributed by atoms with E-state index < -0.39 is 0 Å². The third-order valence-electron chi connectivity index (χ3n) is 4.10. The minimum atomic E-state index is 0.0383. The van der Waals surface area contributed by atoms with E-state index >= 15 is 0 Å². The van der Waals surface area contributed by atoms with Crippen LogP contribution in [0.2, 0.25) is 0 Å². The van der Waals surface area contributed by atoms with Crippen LogP contribution in [0.4, 0.5) is 0 Å². The topological polar surface area (TPSA) is 75.1 Å². The normalized spacial score (nSPS) is 31.0. The van der Waals surface area contributed by atoms with Crippen molar-refractivity contribution in [2.24, 2.45) is 5.92 Å². The van der Waals surface area contributed by atoms with Crippen LogP contribution in [0.5, 0.6) is 0 Å². The van der Waals surface area contributed by atoms with Crippen molar-refractivity contribution in [3.8, 4) is 0 Å². The highest BCUT2D eigenvalue weighted by molar-refractivity contribution is 5.80. The largest absolute Gasteiger partial charge is 0.338 e. The molecule has 1 amide bonds. The Bertz CT molecular complexity index is 433. The average Bonchev–Trinajstić information content (AvgIpc) is 3.10. The molecule has 3 atom stereocenters. The van der Waals surface area contributed by atoms with E-state index in [1.165, 1.54) is 0 Å². The van der Waals surface area contributed by atoms with Gasteiger partial charge in [0.1, 0.15) is 0 Å². The van der Waals surface area contributed by atoms with Gasteiger partial charge in [-0.25, -0.2) is 0 Å². The number of hydrazine groups is 1. The summed E-state index contributed by atoms with van der Waals surface area (Å²) < 4.78 is 1.81. The highest BCUT2D eigenvalue weighted by Gasteiger charge is 2.37. The van der Waals surface area contributed by atoms with Gasteiger partial charge in [-0.15, -0.1) is 5.10 Å². The Morgan fingerprint density at radius 3 is 3.11 bits per heavy atom. The van der Waals surface area contributed by atoms with Crippen molar-refractivity contribution < 1.29 is 4.79 Å². The number of rotatable bonds is 3. The molecule has 3 heterocycles. The lowest BCUT2D eigenvalue weighted by molar-refractivity contribution is -0.136. The molecule has 104 valence electrons. The van der Waals surface area contributed by atoms with Gasteiger partial charge in [-0.2, -0.15) is 0 Å². The minimum Gasteiger partial charge on any atom is -0.338 e. The van der Waals surface area contributed by atoms with Crippen LogP contribution in [-0.4, -0.2) is 51.0 Å². The lowest BCUT2D eigenvalue weighted by atomic mass is 10.0. The highest BCUT2D eigenvalue weighted by atomic mass is 16.2. The van der Waals surface area contributed by atoms with Crippen molar-refractivity contribution in [2.75, 3.05) is 13.1 Å². The Kier molecular flexibility index (Phi) is 3.48. The maximum absolute atomic E-state index is 12.6. The van der Waals surface area contributed by atoms with Crippen molar-refractivity contribution in [1.29, 1.82) is 0 Å². The number of carbonyl (C=O) groups excluding carboxylic acids is 1. The summed E-state index contributed by atoms with van der Waals surface area (Å²) in [5.41, 5.74) is 6.17. The smallest absolute Gasteiger partial charge is 0.228 e. The molecule has 2 fully saturated rings. The fraction of sp³-hybridized carbons (Fsp3) is 0.750. The minimum absolute atomic E-state index is 0.0383. The fourth-order valence-electron chi connectivity index (χ4n) is 2.98.